The number of hydrogen-bond donors (Lipinski definition) is 2. The van der Waals surface area contributed by atoms with Crippen molar-refractivity contribution >= 4 is 37.4 Å². The molecule has 0 aliphatic heterocycles. The Morgan fingerprint density at radius 3 is 2.62 bits per heavy atom. The van der Waals surface area contributed by atoms with Crippen LogP contribution < -0.4 is 14.8 Å². The maximum atomic E-state index is 12.8. The summed E-state index contributed by atoms with van der Waals surface area (Å²) >= 11 is 1.53. The molecule has 0 spiro atoms. The van der Waals surface area contributed by atoms with Gasteiger partial charge in [0, 0.05) is 4.70 Å². The molecule has 0 fully saturated rings. The number of carbonyl (C=O) groups excluding carboxylic acids is 1. The fourth-order valence-electron chi connectivity index (χ4n) is 2.86. The van der Waals surface area contributed by atoms with E-state index in [0.29, 0.717) is 5.75 Å². The normalized spacial score (nSPS) is 12.3. The zero-order chi connectivity index (χ0) is 20.9. The van der Waals surface area contributed by atoms with Gasteiger partial charge in [-0.15, -0.1) is 11.3 Å². The third-order valence-corrected chi connectivity index (χ3v) is 6.81. The molecule has 29 heavy (non-hydrogen) atoms. The Hall–Kier alpha value is -2.93. The van der Waals surface area contributed by atoms with Gasteiger partial charge in [0.15, 0.2) is 0 Å². The van der Waals surface area contributed by atoms with Crippen molar-refractivity contribution in [2.24, 2.45) is 0 Å². The van der Waals surface area contributed by atoms with Gasteiger partial charge < -0.3 is 10.1 Å². The quantitative estimate of drug-likeness (QED) is 0.535. The minimum absolute atomic E-state index is 0.0200. The number of rotatable bonds is 8. The van der Waals surface area contributed by atoms with Crippen LogP contribution in [0, 0.1) is 11.3 Å². The summed E-state index contributed by atoms with van der Waals surface area (Å²) in [6, 6.07) is 14.4. The van der Waals surface area contributed by atoms with Crippen molar-refractivity contribution in [1.82, 2.24) is 10.0 Å². The van der Waals surface area contributed by atoms with Crippen molar-refractivity contribution in [2.45, 2.75) is 17.4 Å². The second-order valence-corrected chi connectivity index (χ2v) is 8.81. The van der Waals surface area contributed by atoms with E-state index >= 15 is 0 Å². The van der Waals surface area contributed by atoms with Gasteiger partial charge in [0.1, 0.15) is 18.3 Å². The first-order valence-corrected chi connectivity index (χ1v) is 11.1. The first-order chi connectivity index (χ1) is 13.9. The van der Waals surface area contributed by atoms with Gasteiger partial charge in [0.05, 0.1) is 18.1 Å². The molecule has 0 saturated carbocycles. The second-order valence-electron chi connectivity index (χ2n) is 6.19. The molecule has 1 aromatic heterocycles. The van der Waals surface area contributed by atoms with Gasteiger partial charge in [-0.3, -0.25) is 4.79 Å². The molecule has 0 bridgehead atoms. The maximum absolute atomic E-state index is 12.8. The van der Waals surface area contributed by atoms with E-state index in [1.54, 1.807) is 0 Å². The molecule has 3 rings (SSSR count). The largest absolute Gasteiger partial charge is 0.497 e. The van der Waals surface area contributed by atoms with Crippen molar-refractivity contribution in [3.8, 4) is 11.8 Å². The molecule has 0 aliphatic carbocycles. The molecule has 0 saturated heterocycles. The van der Waals surface area contributed by atoms with E-state index in [1.165, 1.54) is 42.7 Å². The summed E-state index contributed by atoms with van der Waals surface area (Å²) in [7, 11) is -2.47. The fourth-order valence-corrected chi connectivity index (χ4v) is 5.03. The molecule has 1 amide bonds. The molecule has 1 unspecified atom stereocenters. The first kappa shape index (κ1) is 20.8. The van der Waals surface area contributed by atoms with Crippen molar-refractivity contribution in [3.63, 3.8) is 0 Å². The van der Waals surface area contributed by atoms with Crippen LogP contribution in [0.25, 0.3) is 10.1 Å². The Labute approximate surface area is 173 Å². The Bertz CT molecular complexity index is 1150. The van der Waals surface area contributed by atoms with Gasteiger partial charge in [-0.05, 0) is 53.1 Å². The van der Waals surface area contributed by atoms with Gasteiger partial charge in [0.2, 0.25) is 15.9 Å². The summed E-state index contributed by atoms with van der Waals surface area (Å²) in [5.74, 6) is -0.0316. The van der Waals surface area contributed by atoms with Gasteiger partial charge in [-0.1, -0.05) is 18.2 Å². The number of carbonyl (C=O) groups is 1. The van der Waals surface area contributed by atoms with Crippen LogP contribution in [0.5, 0.6) is 5.75 Å². The smallest absolute Gasteiger partial charge is 0.241 e. The highest BCUT2D eigenvalue weighted by Crippen LogP contribution is 2.27. The Morgan fingerprint density at radius 2 is 1.93 bits per heavy atom. The Morgan fingerprint density at radius 1 is 1.21 bits per heavy atom. The van der Waals surface area contributed by atoms with E-state index in [4.69, 9.17) is 10.00 Å². The molecule has 1 heterocycles. The lowest BCUT2D eigenvalue weighted by molar-refractivity contribution is -0.122. The molecule has 0 radical (unpaired) electrons. The highest BCUT2D eigenvalue weighted by Gasteiger charge is 2.27. The monoisotopic (exact) mass is 429 g/mol. The van der Waals surface area contributed by atoms with Crippen LogP contribution in [0.4, 0.5) is 0 Å². The van der Waals surface area contributed by atoms with Crippen LogP contribution in [0.3, 0.4) is 0 Å². The number of nitrogens with one attached hydrogen (secondary N) is 2. The molecule has 2 aromatic carbocycles. The van der Waals surface area contributed by atoms with Crippen molar-refractivity contribution in [3.05, 3.63) is 59.5 Å². The molecular formula is C20H19N3O4S2. The van der Waals surface area contributed by atoms with Crippen LogP contribution in [-0.4, -0.2) is 34.0 Å². The lowest BCUT2D eigenvalue weighted by atomic mass is 10.1. The van der Waals surface area contributed by atoms with Crippen LogP contribution in [0.1, 0.15) is 5.56 Å². The third-order valence-electron chi connectivity index (χ3n) is 4.31. The minimum atomic E-state index is -3.96. The van der Waals surface area contributed by atoms with Crippen LogP contribution in [0.15, 0.2) is 58.8 Å². The Kier molecular flexibility index (Phi) is 6.49. The van der Waals surface area contributed by atoms with Gasteiger partial charge in [-0.25, -0.2) is 8.42 Å². The molecule has 0 aliphatic rings. The summed E-state index contributed by atoms with van der Waals surface area (Å²) in [6.45, 7) is -0.204. The highest BCUT2D eigenvalue weighted by atomic mass is 32.2. The SMILES string of the molecule is COc1ccc(S(=O)(=O)NC(Cc2csc3ccccc23)C(=O)NCC#N)cc1. The molecule has 2 N–H and O–H groups in total. The average Bonchev–Trinajstić information content (AvgIpc) is 3.14. The van der Waals surface area contributed by atoms with Gasteiger partial charge in [0.25, 0.3) is 0 Å². The van der Waals surface area contributed by atoms with E-state index in [1.807, 2.05) is 35.7 Å². The zero-order valence-corrected chi connectivity index (χ0v) is 17.2. The van der Waals surface area contributed by atoms with Crippen molar-refractivity contribution in [1.29, 1.82) is 5.26 Å². The number of benzene rings is 2. The van der Waals surface area contributed by atoms with Gasteiger partial charge >= 0.3 is 0 Å². The van der Waals surface area contributed by atoms with E-state index in [0.717, 1.165) is 15.6 Å². The predicted molar refractivity (Wildman–Crippen MR) is 111 cm³/mol. The lowest BCUT2D eigenvalue weighted by Crippen LogP contribution is -2.48. The van der Waals surface area contributed by atoms with E-state index < -0.39 is 22.0 Å². The predicted octanol–water partition coefficient (Wildman–Crippen LogP) is 2.44. The van der Waals surface area contributed by atoms with Crippen LogP contribution in [0.2, 0.25) is 0 Å². The number of fused-ring (bicyclic) bond motifs is 1. The number of nitrogens with zero attached hydrogens (tertiary/aromatic N) is 1. The molecule has 7 nitrogen and oxygen atoms in total. The summed E-state index contributed by atoms with van der Waals surface area (Å²) < 4.78 is 34.2. The zero-order valence-electron chi connectivity index (χ0n) is 15.6. The number of hydrogen-bond acceptors (Lipinski definition) is 6. The molecule has 1 atom stereocenters. The average molecular weight is 430 g/mol. The van der Waals surface area contributed by atoms with E-state index in [-0.39, 0.29) is 17.9 Å². The van der Waals surface area contributed by atoms with Crippen molar-refractivity contribution in [2.75, 3.05) is 13.7 Å². The highest BCUT2D eigenvalue weighted by molar-refractivity contribution is 7.89. The number of amides is 1. The molecular weight excluding hydrogens is 410 g/mol. The minimum Gasteiger partial charge on any atom is -0.497 e. The van der Waals surface area contributed by atoms with E-state index in [9.17, 15) is 13.2 Å². The number of nitriles is 1. The molecule has 9 heteroatoms. The lowest BCUT2D eigenvalue weighted by Gasteiger charge is -2.18. The van der Waals surface area contributed by atoms with Crippen molar-refractivity contribution < 1.29 is 17.9 Å². The summed E-state index contributed by atoms with van der Waals surface area (Å²) in [6.07, 6.45) is 0.163. The molecule has 150 valence electrons. The summed E-state index contributed by atoms with van der Waals surface area (Å²) in [4.78, 5) is 12.6. The summed E-state index contributed by atoms with van der Waals surface area (Å²) in [5, 5.41) is 14.1. The second kappa shape index (κ2) is 9.05. The first-order valence-electron chi connectivity index (χ1n) is 8.71. The Balaban J connectivity index is 1.88. The topological polar surface area (TPSA) is 108 Å². The van der Waals surface area contributed by atoms with E-state index in [2.05, 4.69) is 10.0 Å². The fraction of sp³-hybridized carbons (Fsp3) is 0.200. The third kappa shape index (κ3) is 4.92. The van der Waals surface area contributed by atoms with Crippen LogP contribution >= 0.6 is 11.3 Å². The number of methoxy groups -OCH3 is 1. The van der Waals surface area contributed by atoms with Crippen LogP contribution in [-0.2, 0) is 21.2 Å². The molecule has 3 aromatic rings. The maximum Gasteiger partial charge on any atom is 0.241 e. The standard InChI is InChI=1S/C20H19N3O4S2/c1-27-15-6-8-16(9-7-15)29(25,26)23-18(20(24)22-11-10-21)12-14-13-28-19-5-3-2-4-17(14)19/h2-9,13,18,23H,11-12H2,1H3,(H,22,24). The number of ether oxygens (including phenoxy) is 1. The summed E-state index contributed by atoms with van der Waals surface area (Å²) in [5.41, 5.74) is 0.861. The van der Waals surface area contributed by atoms with Gasteiger partial charge in [-0.2, -0.15) is 9.98 Å². The number of thiophene rings is 1. The number of sulfonamides is 1.